The van der Waals surface area contributed by atoms with Crippen molar-refractivity contribution in [2.24, 2.45) is 0 Å². The van der Waals surface area contributed by atoms with E-state index in [1.807, 2.05) is 36.6 Å². The van der Waals surface area contributed by atoms with Gasteiger partial charge in [0.05, 0.1) is 11.9 Å². The van der Waals surface area contributed by atoms with Crippen molar-refractivity contribution < 1.29 is 13.7 Å². The van der Waals surface area contributed by atoms with Crippen molar-refractivity contribution in [1.29, 1.82) is 0 Å². The van der Waals surface area contributed by atoms with E-state index < -0.39 is 0 Å². The average Bonchev–Trinajstić information content (AvgIpc) is 3.18. The molecule has 3 rings (SSSR count). The molecule has 5 nitrogen and oxygen atoms in total. The maximum absolute atomic E-state index is 5.79. The van der Waals surface area contributed by atoms with Gasteiger partial charge in [-0.1, -0.05) is 6.07 Å². The predicted molar refractivity (Wildman–Crippen MR) is 80.1 cm³/mol. The molecule has 1 unspecified atom stereocenters. The van der Waals surface area contributed by atoms with Crippen LogP contribution in [0.5, 0.6) is 0 Å². The van der Waals surface area contributed by atoms with E-state index in [1.165, 1.54) is 4.90 Å². The van der Waals surface area contributed by atoms with E-state index in [2.05, 4.69) is 24.2 Å². The fourth-order valence-corrected chi connectivity index (χ4v) is 2.77. The number of aromatic nitrogens is 2. The van der Waals surface area contributed by atoms with Crippen molar-refractivity contribution in [2.75, 3.05) is 7.05 Å². The Balaban J connectivity index is 1.71. The van der Waals surface area contributed by atoms with Crippen LogP contribution in [0.15, 0.2) is 38.5 Å². The van der Waals surface area contributed by atoms with Gasteiger partial charge in [-0.05, 0) is 37.4 Å². The normalized spacial score (nSPS) is 14.2. The number of hydrogen-bond acceptors (Lipinski definition) is 5. The van der Waals surface area contributed by atoms with Crippen molar-refractivity contribution in [3.63, 3.8) is 0 Å². The van der Waals surface area contributed by atoms with E-state index in [0.717, 1.165) is 22.9 Å². The van der Waals surface area contributed by atoms with E-state index in [-0.39, 0.29) is 6.04 Å². The number of thiophene rings is 1. The van der Waals surface area contributed by atoms with E-state index in [4.69, 9.17) is 8.83 Å². The molecule has 0 aliphatic carbocycles. The van der Waals surface area contributed by atoms with Gasteiger partial charge in [-0.15, -0.1) is 21.5 Å². The van der Waals surface area contributed by atoms with Crippen LogP contribution in [-0.4, -0.2) is 17.2 Å². The van der Waals surface area contributed by atoms with Crippen LogP contribution in [0.3, 0.4) is 0 Å². The SMILES string of the molecule is Cc1ccc(C[NH+](C)[C@H](C)c2nnc(-c3cccs3)o2)o1. The lowest BCUT2D eigenvalue weighted by molar-refractivity contribution is -0.926. The quantitative estimate of drug-likeness (QED) is 0.787. The summed E-state index contributed by atoms with van der Waals surface area (Å²) in [6, 6.07) is 8.06. The van der Waals surface area contributed by atoms with Gasteiger partial charge < -0.3 is 13.7 Å². The third-order valence-electron chi connectivity index (χ3n) is 3.53. The molecule has 0 aromatic carbocycles. The van der Waals surface area contributed by atoms with Gasteiger partial charge in [-0.2, -0.15) is 0 Å². The van der Waals surface area contributed by atoms with Crippen LogP contribution in [0, 0.1) is 6.92 Å². The van der Waals surface area contributed by atoms with Crippen molar-refractivity contribution in [3.05, 3.63) is 47.1 Å². The van der Waals surface area contributed by atoms with Gasteiger partial charge in [0.15, 0.2) is 11.8 Å². The van der Waals surface area contributed by atoms with Gasteiger partial charge >= 0.3 is 0 Å². The molecular weight excluding hydrogens is 286 g/mol. The van der Waals surface area contributed by atoms with Crippen molar-refractivity contribution in [1.82, 2.24) is 10.2 Å². The highest BCUT2D eigenvalue weighted by Crippen LogP contribution is 2.24. The van der Waals surface area contributed by atoms with Crippen LogP contribution in [-0.2, 0) is 6.54 Å². The zero-order valence-corrected chi connectivity index (χ0v) is 13.1. The Labute approximate surface area is 127 Å². The first-order valence-electron chi connectivity index (χ1n) is 6.88. The van der Waals surface area contributed by atoms with Crippen LogP contribution in [0.1, 0.15) is 30.4 Å². The molecule has 0 saturated heterocycles. The maximum atomic E-state index is 5.79. The van der Waals surface area contributed by atoms with E-state index >= 15 is 0 Å². The summed E-state index contributed by atoms with van der Waals surface area (Å²) in [7, 11) is 2.09. The monoisotopic (exact) mass is 304 g/mol. The van der Waals surface area contributed by atoms with E-state index in [0.29, 0.717) is 11.8 Å². The molecule has 3 heterocycles. The molecule has 3 aromatic heterocycles. The Kier molecular flexibility index (Phi) is 3.90. The molecule has 0 aliphatic rings. The third-order valence-corrected chi connectivity index (χ3v) is 4.39. The number of hydrogen-bond donors (Lipinski definition) is 1. The molecule has 0 fully saturated rings. The molecule has 6 heteroatoms. The molecule has 2 atom stereocenters. The number of nitrogens with one attached hydrogen (secondary N) is 1. The molecule has 0 radical (unpaired) electrons. The fraction of sp³-hybridized carbons (Fsp3) is 0.333. The molecule has 0 saturated carbocycles. The Morgan fingerprint density at radius 2 is 2.10 bits per heavy atom. The van der Waals surface area contributed by atoms with Gasteiger partial charge in [0.2, 0.25) is 0 Å². The molecule has 0 bridgehead atoms. The highest BCUT2D eigenvalue weighted by atomic mass is 32.1. The summed E-state index contributed by atoms with van der Waals surface area (Å²) in [6.07, 6.45) is 0. The fourth-order valence-electron chi connectivity index (χ4n) is 2.13. The number of rotatable bonds is 5. The van der Waals surface area contributed by atoms with Crippen LogP contribution < -0.4 is 4.90 Å². The van der Waals surface area contributed by atoms with Gasteiger partial charge in [-0.25, -0.2) is 0 Å². The van der Waals surface area contributed by atoms with Crippen molar-refractivity contribution in [3.8, 4) is 10.8 Å². The Morgan fingerprint density at radius 1 is 1.24 bits per heavy atom. The largest absolute Gasteiger partial charge is 0.460 e. The second kappa shape index (κ2) is 5.83. The Bertz CT molecular complexity index is 702. The third kappa shape index (κ3) is 3.06. The highest BCUT2D eigenvalue weighted by Gasteiger charge is 2.23. The molecule has 1 N–H and O–H groups in total. The molecule has 0 aliphatic heterocycles. The second-order valence-electron chi connectivity index (χ2n) is 5.18. The molecular formula is C15H18N3O2S+. The summed E-state index contributed by atoms with van der Waals surface area (Å²) in [5, 5.41) is 10.3. The van der Waals surface area contributed by atoms with Gasteiger partial charge in [0, 0.05) is 0 Å². The minimum Gasteiger partial charge on any atom is -0.460 e. The smallest absolute Gasteiger partial charge is 0.274 e. The minimum absolute atomic E-state index is 0.108. The number of nitrogens with zero attached hydrogens (tertiary/aromatic N) is 2. The molecule has 21 heavy (non-hydrogen) atoms. The van der Waals surface area contributed by atoms with Crippen molar-refractivity contribution >= 4 is 11.3 Å². The molecule has 0 amide bonds. The van der Waals surface area contributed by atoms with E-state index in [9.17, 15) is 0 Å². The summed E-state index contributed by atoms with van der Waals surface area (Å²) < 4.78 is 11.4. The molecule has 3 aromatic rings. The van der Waals surface area contributed by atoms with Crippen LogP contribution in [0.2, 0.25) is 0 Å². The van der Waals surface area contributed by atoms with Crippen LogP contribution in [0.25, 0.3) is 10.8 Å². The zero-order valence-electron chi connectivity index (χ0n) is 12.3. The summed E-state index contributed by atoms with van der Waals surface area (Å²) in [4.78, 5) is 2.24. The Morgan fingerprint density at radius 3 is 2.76 bits per heavy atom. The van der Waals surface area contributed by atoms with Crippen molar-refractivity contribution in [2.45, 2.75) is 26.4 Å². The van der Waals surface area contributed by atoms with Gasteiger partial charge in [-0.3, -0.25) is 0 Å². The van der Waals surface area contributed by atoms with Gasteiger partial charge in [0.1, 0.15) is 12.3 Å². The first-order chi connectivity index (χ1) is 10.1. The zero-order chi connectivity index (χ0) is 14.8. The van der Waals surface area contributed by atoms with Crippen LogP contribution >= 0.6 is 11.3 Å². The second-order valence-corrected chi connectivity index (χ2v) is 6.13. The number of aryl methyl sites for hydroxylation is 1. The topological polar surface area (TPSA) is 56.5 Å². The van der Waals surface area contributed by atoms with Gasteiger partial charge in [0.25, 0.3) is 11.8 Å². The summed E-state index contributed by atoms with van der Waals surface area (Å²) in [5.41, 5.74) is 0. The standard InChI is InChI=1S/C15H17N3O2S/c1-10-6-7-12(19-10)9-18(3)11(2)14-16-17-15(20-14)13-5-4-8-21-13/h4-8,11H,9H2,1-3H3/p+1/t11-/m1/s1. The lowest BCUT2D eigenvalue weighted by Gasteiger charge is -2.17. The first kappa shape index (κ1) is 14.0. The van der Waals surface area contributed by atoms with Crippen LogP contribution in [0.4, 0.5) is 0 Å². The summed E-state index contributed by atoms with van der Waals surface area (Å²) in [6.45, 7) is 4.82. The lowest BCUT2D eigenvalue weighted by atomic mass is 10.3. The Hall–Kier alpha value is -1.92. The summed E-state index contributed by atoms with van der Waals surface area (Å²) in [5.74, 6) is 3.14. The van der Waals surface area contributed by atoms with E-state index in [1.54, 1.807) is 11.3 Å². The minimum atomic E-state index is 0.108. The summed E-state index contributed by atoms with van der Waals surface area (Å²) >= 11 is 1.60. The maximum Gasteiger partial charge on any atom is 0.274 e. The highest BCUT2D eigenvalue weighted by molar-refractivity contribution is 7.13. The predicted octanol–water partition coefficient (Wildman–Crippen LogP) is 2.48. The first-order valence-corrected chi connectivity index (χ1v) is 7.76. The average molecular weight is 304 g/mol. The lowest BCUT2D eigenvalue weighted by Crippen LogP contribution is -3.07. The number of quaternary nitrogens is 1. The number of furan rings is 1. The molecule has 0 spiro atoms. The molecule has 110 valence electrons.